The van der Waals surface area contributed by atoms with Gasteiger partial charge in [-0.3, -0.25) is 5.01 Å². The van der Waals surface area contributed by atoms with Crippen LogP contribution in [0, 0.1) is 12.7 Å². The Hall–Kier alpha value is -1.25. The largest absolute Gasteiger partial charge is 0.331 e. The number of anilines is 1. The number of rotatable bonds is 3. The highest BCUT2D eigenvalue weighted by Crippen LogP contribution is 2.21. The minimum absolute atomic E-state index is 0.0786. The van der Waals surface area contributed by atoms with Crippen LogP contribution in [-0.2, 0) is 9.84 Å². The van der Waals surface area contributed by atoms with Gasteiger partial charge in [0.15, 0.2) is 14.9 Å². The van der Waals surface area contributed by atoms with Crippen LogP contribution in [0.5, 0.6) is 0 Å². The topological polar surface area (TPSA) is 52.7 Å². The van der Waals surface area contributed by atoms with Crippen molar-refractivity contribution in [1.82, 2.24) is 10.0 Å². The summed E-state index contributed by atoms with van der Waals surface area (Å²) >= 11 is 5.38. The van der Waals surface area contributed by atoms with Crippen molar-refractivity contribution in [1.29, 1.82) is 0 Å². The van der Waals surface area contributed by atoms with Crippen LogP contribution in [0.3, 0.4) is 0 Å². The highest BCUT2D eigenvalue weighted by atomic mass is 32.2. The molecule has 1 aromatic rings. The fourth-order valence-corrected chi connectivity index (χ4v) is 4.62. The third-order valence-corrected chi connectivity index (χ3v) is 5.66. The molecule has 0 spiro atoms. The van der Waals surface area contributed by atoms with E-state index in [1.54, 1.807) is 43.2 Å². The Morgan fingerprint density at radius 3 is 2.59 bits per heavy atom. The molecule has 0 unspecified atom stereocenters. The van der Waals surface area contributed by atoms with E-state index in [2.05, 4.69) is 5.32 Å². The van der Waals surface area contributed by atoms with Crippen molar-refractivity contribution >= 4 is 32.9 Å². The van der Waals surface area contributed by atoms with Crippen LogP contribution in [0.2, 0.25) is 0 Å². The summed E-state index contributed by atoms with van der Waals surface area (Å²) in [6, 6.07) is 4.58. The van der Waals surface area contributed by atoms with Crippen molar-refractivity contribution in [3.63, 3.8) is 0 Å². The summed E-state index contributed by atoms with van der Waals surface area (Å²) in [6.07, 6.45) is 0.532. The molecule has 5 nitrogen and oxygen atoms in total. The van der Waals surface area contributed by atoms with Gasteiger partial charge in [-0.15, -0.1) is 0 Å². The van der Waals surface area contributed by atoms with Gasteiger partial charge in [-0.1, -0.05) is 6.07 Å². The van der Waals surface area contributed by atoms with Gasteiger partial charge in [0, 0.05) is 19.8 Å². The molecule has 1 heterocycles. The summed E-state index contributed by atoms with van der Waals surface area (Å²) in [5.41, 5.74) is 1.10. The smallest absolute Gasteiger partial charge is 0.188 e. The molecule has 1 aromatic carbocycles. The fraction of sp³-hybridized carbons (Fsp3) is 0.500. The molecular formula is C14H20FN3O2S2. The van der Waals surface area contributed by atoms with Gasteiger partial charge in [0.1, 0.15) is 5.82 Å². The van der Waals surface area contributed by atoms with Crippen molar-refractivity contribution in [2.45, 2.75) is 19.4 Å². The van der Waals surface area contributed by atoms with Crippen molar-refractivity contribution in [2.24, 2.45) is 0 Å². The Balaban J connectivity index is 2.15. The number of hydrazine groups is 1. The maximum absolute atomic E-state index is 13.6. The number of nitrogens with zero attached hydrogens (tertiary/aromatic N) is 2. The molecule has 122 valence electrons. The van der Waals surface area contributed by atoms with E-state index >= 15 is 0 Å². The molecule has 1 N–H and O–H groups in total. The quantitative estimate of drug-likeness (QED) is 0.666. The van der Waals surface area contributed by atoms with Gasteiger partial charge in [-0.2, -0.15) is 0 Å². The summed E-state index contributed by atoms with van der Waals surface area (Å²) in [6.45, 7) is 1.69. The first kappa shape index (κ1) is 17.1. The van der Waals surface area contributed by atoms with Crippen LogP contribution < -0.4 is 5.32 Å². The lowest BCUT2D eigenvalue weighted by Crippen LogP contribution is -2.51. The lowest BCUT2D eigenvalue weighted by atomic mass is 10.2. The van der Waals surface area contributed by atoms with Crippen molar-refractivity contribution < 1.29 is 12.8 Å². The molecule has 1 aliphatic rings. The third kappa shape index (κ3) is 3.93. The minimum Gasteiger partial charge on any atom is -0.331 e. The first-order valence-electron chi connectivity index (χ1n) is 6.93. The summed E-state index contributed by atoms with van der Waals surface area (Å²) < 4.78 is 37.0. The average Bonchev–Trinajstić information content (AvgIpc) is 2.73. The van der Waals surface area contributed by atoms with Gasteiger partial charge in [0.25, 0.3) is 0 Å². The molecule has 1 fully saturated rings. The van der Waals surface area contributed by atoms with Gasteiger partial charge in [-0.05, 0) is 43.3 Å². The van der Waals surface area contributed by atoms with Crippen molar-refractivity contribution in [3.05, 3.63) is 29.6 Å². The average molecular weight is 345 g/mol. The predicted octanol–water partition coefficient (Wildman–Crippen LogP) is 1.80. The molecule has 2 rings (SSSR count). The zero-order chi connectivity index (χ0) is 16.5. The van der Waals surface area contributed by atoms with Crippen LogP contribution in [0.4, 0.5) is 10.1 Å². The molecule has 8 heteroatoms. The minimum atomic E-state index is -3.01. The molecular weight excluding hydrogens is 325 g/mol. The second kappa shape index (κ2) is 6.47. The lowest BCUT2D eigenvalue weighted by Gasteiger charge is -2.36. The SMILES string of the molecule is Cc1ccc(NC(=S)N([C@@H]2CCS(=O)(=O)C2)N(C)C)cc1F. The predicted molar refractivity (Wildman–Crippen MR) is 89.9 cm³/mol. The van der Waals surface area contributed by atoms with Crippen molar-refractivity contribution in [2.75, 3.05) is 30.9 Å². The van der Waals surface area contributed by atoms with Crippen LogP contribution in [0.15, 0.2) is 18.2 Å². The molecule has 0 saturated carbocycles. The molecule has 22 heavy (non-hydrogen) atoms. The van der Waals surface area contributed by atoms with Gasteiger partial charge >= 0.3 is 0 Å². The Morgan fingerprint density at radius 1 is 1.41 bits per heavy atom. The fourth-order valence-electron chi connectivity index (χ4n) is 2.49. The Bertz CT molecular complexity index is 677. The van der Waals surface area contributed by atoms with Crippen LogP contribution in [0.25, 0.3) is 0 Å². The normalized spacial score (nSPS) is 20.1. The molecule has 1 aliphatic heterocycles. The first-order valence-corrected chi connectivity index (χ1v) is 9.16. The molecule has 1 saturated heterocycles. The standard InChI is InChI=1S/C14H20FN3O2S2/c1-10-4-5-11(8-13(10)15)16-14(21)18(17(2)3)12-6-7-22(19,20)9-12/h4-5,8,12H,6-7,9H2,1-3H3,(H,16,21)/t12-/m1/s1. The molecule has 0 bridgehead atoms. The number of halogens is 1. The van der Waals surface area contributed by atoms with Crippen molar-refractivity contribution in [3.8, 4) is 0 Å². The van der Waals surface area contributed by atoms with E-state index in [1.807, 2.05) is 0 Å². The first-order chi connectivity index (χ1) is 10.2. The van der Waals surface area contributed by atoms with E-state index in [0.717, 1.165) is 0 Å². The van der Waals surface area contributed by atoms with E-state index in [1.165, 1.54) is 6.07 Å². The van der Waals surface area contributed by atoms with Gasteiger partial charge in [0.2, 0.25) is 0 Å². The summed E-state index contributed by atoms with van der Waals surface area (Å²) in [4.78, 5) is 0. The van der Waals surface area contributed by atoms with Gasteiger partial charge in [-0.25, -0.2) is 17.8 Å². The molecule has 0 aliphatic carbocycles. The Labute approximate surface area is 136 Å². The molecule has 0 aromatic heterocycles. The number of hydrogen-bond acceptors (Lipinski definition) is 4. The zero-order valence-corrected chi connectivity index (χ0v) is 14.5. The molecule has 0 amide bonds. The summed E-state index contributed by atoms with van der Waals surface area (Å²) in [5, 5.41) is 6.82. The second-order valence-corrected chi connectivity index (χ2v) is 8.26. The monoisotopic (exact) mass is 345 g/mol. The molecule has 1 atom stereocenters. The highest BCUT2D eigenvalue weighted by Gasteiger charge is 2.34. The number of benzene rings is 1. The Kier molecular flexibility index (Phi) is 5.03. The number of aryl methyl sites for hydroxylation is 1. The summed E-state index contributed by atoms with van der Waals surface area (Å²) in [7, 11) is 0.592. The number of sulfone groups is 1. The number of hydrogen-bond donors (Lipinski definition) is 1. The van der Waals surface area contributed by atoms with Gasteiger partial charge < -0.3 is 5.32 Å². The molecule has 0 radical (unpaired) electrons. The van der Waals surface area contributed by atoms with Crippen LogP contribution >= 0.6 is 12.2 Å². The maximum Gasteiger partial charge on any atom is 0.188 e. The van der Waals surface area contributed by atoms with E-state index in [9.17, 15) is 12.8 Å². The van der Waals surface area contributed by atoms with E-state index in [0.29, 0.717) is 22.8 Å². The summed E-state index contributed by atoms with van der Waals surface area (Å²) in [5.74, 6) is -0.0633. The maximum atomic E-state index is 13.6. The lowest BCUT2D eigenvalue weighted by molar-refractivity contribution is 0.0757. The van der Waals surface area contributed by atoms with E-state index in [4.69, 9.17) is 12.2 Å². The highest BCUT2D eigenvalue weighted by molar-refractivity contribution is 7.91. The van der Waals surface area contributed by atoms with Gasteiger partial charge in [0.05, 0.1) is 17.5 Å². The second-order valence-electron chi connectivity index (χ2n) is 5.64. The Morgan fingerprint density at radius 2 is 2.09 bits per heavy atom. The number of nitrogens with one attached hydrogen (secondary N) is 1. The van der Waals surface area contributed by atoms with Crippen LogP contribution in [0.1, 0.15) is 12.0 Å². The van der Waals surface area contributed by atoms with E-state index in [-0.39, 0.29) is 23.4 Å². The third-order valence-electron chi connectivity index (χ3n) is 3.62. The zero-order valence-electron chi connectivity index (χ0n) is 12.8. The van der Waals surface area contributed by atoms with E-state index < -0.39 is 9.84 Å². The van der Waals surface area contributed by atoms with Crippen LogP contribution in [-0.4, -0.2) is 55.2 Å². The number of thiocarbonyl (C=S) groups is 1.